The Bertz CT molecular complexity index is 1390. The maximum atomic E-state index is 13.8. The number of hydrogen-bond acceptors (Lipinski definition) is 6. The third-order valence-corrected chi connectivity index (χ3v) is 7.17. The Morgan fingerprint density at radius 3 is 2.62 bits per heavy atom. The molecule has 0 amide bonds. The Balaban J connectivity index is 1.61. The number of aryl methyl sites for hydroxylation is 1. The fourth-order valence-electron chi connectivity index (χ4n) is 5.02. The van der Waals surface area contributed by atoms with Crippen molar-refractivity contribution in [2.75, 3.05) is 6.54 Å². The number of rotatable bonds is 8. The molecule has 8 nitrogen and oxygen atoms in total. The minimum atomic E-state index is -4.62. The number of halogens is 3. The summed E-state index contributed by atoms with van der Waals surface area (Å²) in [7, 11) is 1.92. The topological polar surface area (TPSA) is 105 Å². The molecular formula is C26H30F3N7O. The van der Waals surface area contributed by atoms with Gasteiger partial charge in [0.15, 0.2) is 0 Å². The lowest BCUT2D eigenvalue weighted by molar-refractivity contribution is -0.141. The lowest BCUT2D eigenvalue weighted by atomic mass is 9.72. The van der Waals surface area contributed by atoms with Crippen LogP contribution < -0.4 is 5.32 Å². The van der Waals surface area contributed by atoms with Gasteiger partial charge in [-0.15, -0.1) is 10.2 Å². The molecule has 37 heavy (non-hydrogen) atoms. The van der Waals surface area contributed by atoms with Crippen molar-refractivity contribution in [3.63, 3.8) is 0 Å². The summed E-state index contributed by atoms with van der Waals surface area (Å²) in [5.41, 5.74) is 1.83. The lowest BCUT2D eigenvalue weighted by Gasteiger charge is -2.33. The molecule has 3 atom stereocenters. The SMILES string of the molecule is C[C@H](NC[C@@H](C)O)c1nc(C(F)(F)F)cc2c(-c3cccc([C@H](c4nncn4C)C4CCC4)c3)n[nH]c12. The zero-order valence-electron chi connectivity index (χ0n) is 20.9. The second-order valence-corrected chi connectivity index (χ2v) is 9.96. The average molecular weight is 514 g/mol. The summed E-state index contributed by atoms with van der Waals surface area (Å²) < 4.78 is 43.5. The van der Waals surface area contributed by atoms with E-state index in [1.807, 2.05) is 35.9 Å². The van der Waals surface area contributed by atoms with E-state index in [0.29, 0.717) is 28.1 Å². The van der Waals surface area contributed by atoms with Crippen LogP contribution in [0, 0.1) is 5.92 Å². The smallest absolute Gasteiger partial charge is 0.392 e. The number of nitrogens with zero attached hydrogens (tertiary/aromatic N) is 5. The Kier molecular flexibility index (Phi) is 6.76. The summed E-state index contributed by atoms with van der Waals surface area (Å²) in [6.07, 6.45) is -0.236. The number of aliphatic hydroxyl groups excluding tert-OH is 1. The first-order chi connectivity index (χ1) is 17.6. The molecule has 1 aliphatic carbocycles. The van der Waals surface area contributed by atoms with Gasteiger partial charge >= 0.3 is 6.18 Å². The molecule has 0 unspecified atom stereocenters. The molecule has 3 N–H and O–H groups in total. The monoisotopic (exact) mass is 513 g/mol. The van der Waals surface area contributed by atoms with Gasteiger partial charge in [-0.1, -0.05) is 24.6 Å². The highest BCUT2D eigenvalue weighted by Gasteiger charge is 2.35. The first-order valence-corrected chi connectivity index (χ1v) is 12.5. The van der Waals surface area contributed by atoms with Gasteiger partial charge in [-0.25, -0.2) is 4.98 Å². The number of pyridine rings is 1. The van der Waals surface area contributed by atoms with E-state index in [1.165, 1.54) is 6.42 Å². The van der Waals surface area contributed by atoms with Crippen LogP contribution in [-0.2, 0) is 13.2 Å². The van der Waals surface area contributed by atoms with Gasteiger partial charge in [-0.05, 0) is 50.3 Å². The number of benzene rings is 1. The lowest BCUT2D eigenvalue weighted by Crippen LogP contribution is -2.28. The highest BCUT2D eigenvalue weighted by molar-refractivity contribution is 5.94. The molecule has 5 rings (SSSR count). The number of fused-ring (bicyclic) bond motifs is 1. The van der Waals surface area contributed by atoms with Gasteiger partial charge in [0.25, 0.3) is 0 Å². The van der Waals surface area contributed by atoms with Crippen molar-refractivity contribution < 1.29 is 18.3 Å². The molecule has 1 aliphatic rings. The summed E-state index contributed by atoms with van der Waals surface area (Å²) in [4.78, 5) is 3.93. The van der Waals surface area contributed by atoms with Crippen LogP contribution in [0.5, 0.6) is 0 Å². The van der Waals surface area contributed by atoms with Crippen molar-refractivity contribution in [3.8, 4) is 11.3 Å². The molecule has 0 bridgehead atoms. The normalized spacial score (nSPS) is 17.1. The van der Waals surface area contributed by atoms with Crippen LogP contribution in [-0.4, -0.2) is 47.7 Å². The van der Waals surface area contributed by atoms with E-state index < -0.39 is 24.0 Å². The second-order valence-electron chi connectivity index (χ2n) is 9.96. The van der Waals surface area contributed by atoms with Crippen molar-refractivity contribution in [2.45, 2.75) is 57.3 Å². The molecule has 11 heteroatoms. The summed E-state index contributed by atoms with van der Waals surface area (Å²) in [6, 6.07) is 8.31. The first-order valence-electron chi connectivity index (χ1n) is 12.5. The summed E-state index contributed by atoms with van der Waals surface area (Å²) in [5, 5.41) is 28.8. The Labute approximate surface area is 212 Å². The summed E-state index contributed by atoms with van der Waals surface area (Å²) in [5.74, 6) is 1.35. The minimum Gasteiger partial charge on any atom is -0.392 e. The van der Waals surface area contributed by atoms with Gasteiger partial charge in [0.05, 0.1) is 17.3 Å². The number of hydrogen-bond donors (Lipinski definition) is 3. The largest absolute Gasteiger partial charge is 0.433 e. The number of aromatic nitrogens is 6. The van der Waals surface area contributed by atoms with Crippen molar-refractivity contribution in [3.05, 3.63) is 59.4 Å². The molecule has 4 aromatic rings. The fourth-order valence-corrected chi connectivity index (χ4v) is 5.02. The Morgan fingerprint density at radius 1 is 1.22 bits per heavy atom. The first kappa shape index (κ1) is 25.3. The van der Waals surface area contributed by atoms with Crippen LogP contribution in [0.25, 0.3) is 22.2 Å². The van der Waals surface area contributed by atoms with Crippen LogP contribution >= 0.6 is 0 Å². The van der Waals surface area contributed by atoms with Crippen LogP contribution in [0.15, 0.2) is 36.7 Å². The predicted molar refractivity (Wildman–Crippen MR) is 133 cm³/mol. The van der Waals surface area contributed by atoms with Crippen LogP contribution in [0.3, 0.4) is 0 Å². The molecule has 1 saturated carbocycles. The Morgan fingerprint density at radius 2 is 2.00 bits per heavy atom. The van der Waals surface area contributed by atoms with E-state index in [4.69, 9.17) is 0 Å². The zero-order valence-corrected chi connectivity index (χ0v) is 20.9. The number of alkyl halides is 3. The van der Waals surface area contributed by atoms with Crippen molar-refractivity contribution in [2.24, 2.45) is 13.0 Å². The van der Waals surface area contributed by atoms with Gasteiger partial charge in [0, 0.05) is 36.5 Å². The third kappa shape index (κ3) is 4.97. The molecule has 3 heterocycles. The number of aromatic amines is 1. The summed E-state index contributed by atoms with van der Waals surface area (Å²) in [6.45, 7) is 3.54. The van der Waals surface area contributed by atoms with Gasteiger partial charge in [0.1, 0.15) is 23.5 Å². The standard InChI is InChI=1S/C26H30F3N7O/c1-14(37)12-30-15(2)22-24-19(11-20(32-22)26(27,28)29)23(33-34-24)18-9-5-8-17(10-18)21(16-6-4-7-16)25-35-31-13-36(25)3/h5,8-11,13-16,21,30,37H,4,6-7,12H2,1-3H3,(H,33,34)/t14-,15+,21-/m1/s1. The number of aliphatic hydroxyl groups is 1. The molecule has 0 radical (unpaired) electrons. The van der Waals surface area contributed by atoms with Gasteiger partial charge in [-0.3, -0.25) is 5.10 Å². The van der Waals surface area contributed by atoms with E-state index in [0.717, 1.165) is 30.3 Å². The van der Waals surface area contributed by atoms with E-state index >= 15 is 0 Å². The number of H-pyrrole nitrogens is 1. The fraction of sp³-hybridized carbons (Fsp3) is 0.462. The van der Waals surface area contributed by atoms with Crippen molar-refractivity contribution in [1.82, 2.24) is 35.3 Å². The minimum absolute atomic E-state index is 0.0408. The van der Waals surface area contributed by atoms with Crippen molar-refractivity contribution in [1.29, 1.82) is 0 Å². The van der Waals surface area contributed by atoms with Crippen molar-refractivity contribution >= 4 is 10.9 Å². The van der Waals surface area contributed by atoms with Crippen LogP contribution in [0.4, 0.5) is 13.2 Å². The quantitative estimate of drug-likeness (QED) is 0.315. The molecule has 196 valence electrons. The molecule has 0 saturated heterocycles. The van der Waals surface area contributed by atoms with E-state index in [2.05, 4.69) is 30.7 Å². The average Bonchev–Trinajstić information content (AvgIpc) is 3.44. The third-order valence-electron chi connectivity index (χ3n) is 7.17. The van der Waals surface area contributed by atoms with Crippen LogP contribution in [0.1, 0.15) is 67.8 Å². The van der Waals surface area contributed by atoms with Gasteiger partial charge in [0.2, 0.25) is 0 Å². The zero-order chi connectivity index (χ0) is 26.3. The highest BCUT2D eigenvalue weighted by atomic mass is 19.4. The molecule has 0 aliphatic heterocycles. The molecule has 3 aromatic heterocycles. The molecule has 0 spiro atoms. The second kappa shape index (κ2) is 9.86. The highest BCUT2D eigenvalue weighted by Crippen LogP contribution is 2.43. The molecular weight excluding hydrogens is 483 g/mol. The van der Waals surface area contributed by atoms with Gasteiger partial charge < -0.3 is 15.0 Å². The van der Waals surface area contributed by atoms with E-state index in [9.17, 15) is 18.3 Å². The maximum Gasteiger partial charge on any atom is 0.433 e. The van der Waals surface area contributed by atoms with E-state index in [1.54, 1.807) is 20.2 Å². The number of nitrogens with one attached hydrogen (secondary N) is 2. The van der Waals surface area contributed by atoms with Gasteiger partial charge in [-0.2, -0.15) is 18.3 Å². The van der Waals surface area contributed by atoms with E-state index in [-0.39, 0.29) is 18.2 Å². The maximum absolute atomic E-state index is 13.8. The summed E-state index contributed by atoms with van der Waals surface area (Å²) >= 11 is 0. The molecule has 1 aromatic carbocycles. The predicted octanol–water partition coefficient (Wildman–Crippen LogP) is 4.74. The van der Waals surface area contributed by atoms with Crippen LogP contribution in [0.2, 0.25) is 0 Å². The molecule has 1 fully saturated rings. The Hall–Kier alpha value is -3.31.